The lowest BCUT2D eigenvalue weighted by molar-refractivity contribution is -0.122. The SMILES string of the molecule is O=C(CCOCC(F)F)NCc1cccc(CCl)c1. The molecule has 106 valence electrons. The second-order valence-electron chi connectivity index (χ2n) is 3.95. The summed E-state index contributed by atoms with van der Waals surface area (Å²) < 4.78 is 28.2. The van der Waals surface area contributed by atoms with Crippen molar-refractivity contribution in [2.75, 3.05) is 13.2 Å². The molecule has 6 heteroatoms. The van der Waals surface area contributed by atoms with Gasteiger partial charge in [0.2, 0.25) is 5.91 Å². The van der Waals surface area contributed by atoms with Gasteiger partial charge in [-0.1, -0.05) is 24.3 Å². The average Bonchev–Trinajstić information content (AvgIpc) is 2.41. The molecule has 0 spiro atoms. The third-order valence-electron chi connectivity index (χ3n) is 2.35. The van der Waals surface area contributed by atoms with Crippen LogP contribution in [0, 0.1) is 0 Å². The summed E-state index contributed by atoms with van der Waals surface area (Å²) >= 11 is 5.71. The van der Waals surface area contributed by atoms with Crippen molar-refractivity contribution in [1.82, 2.24) is 5.32 Å². The summed E-state index contributed by atoms with van der Waals surface area (Å²) in [6.45, 7) is -0.249. The largest absolute Gasteiger partial charge is 0.375 e. The molecule has 0 aromatic heterocycles. The Morgan fingerprint density at radius 1 is 1.37 bits per heavy atom. The summed E-state index contributed by atoms with van der Waals surface area (Å²) in [7, 11) is 0. The van der Waals surface area contributed by atoms with Gasteiger partial charge in [-0.25, -0.2) is 8.78 Å². The highest BCUT2D eigenvalue weighted by Gasteiger charge is 2.05. The van der Waals surface area contributed by atoms with Crippen molar-refractivity contribution < 1.29 is 18.3 Å². The molecule has 0 aliphatic heterocycles. The predicted molar refractivity (Wildman–Crippen MR) is 69.3 cm³/mol. The molecule has 0 bridgehead atoms. The van der Waals surface area contributed by atoms with E-state index in [4.69, 9.17) is 11.6 Å². The number of carbonyl (C=O) groups excluding carboxylic acids is 1. The zero-order valence-corrected chi connectivity index (χ0v) is 11.1. The van der Waals surface area contributed by atoms with Gasteiger partial charge < -0.3 is 10.1 Å². The molecule has 0 aliphatic rings. The topological polar surface area (TPSA) is 38.3 Å². The van der Waals surface area contributed by atoms with Crippen molar-refractivity contribution >= 4 is 17.5 Å². The highest BCUT2D eigenvalue weighted by Crippen LogP contribution is 2.07. The monoisotopic (exact) mass is 291 g/mol. The van der Waals surface area contributed by atoms with Gasteiger partial charge in [-0.05, 0) is 11.1 Å². The number of benzene rings is 1. The summed E-state index contributed by atoms with van der Waals surface area (Å²) in [4.78, 5) is 11.4. The van der Waals surface area contributed by atoms with Crippen molar-refractivity contribution in [2.45, 2.75) is 25.3 Å². The van der Waals surface area contributed by atoms with Crippen LogP contribution in [0.5, 0.6) is 0 Å². The van der Waals surface area contributed by atoms with E-state index in [9.17, 15) is 13.6 Å². The summed E-state index contributed by atoms with van der Waals surface area (Å²) in [5.74, 6) is 0.189. The van der Waals surface area contributed by atoms with Crippen LogP contribution in [-0.2, 0) is 22.0 Å². The highest BCUT2D eigenvalue weighted by molar-refractivity contribution is 6.17. The number of ether oxygens (including phenoxy) is 1. The number of nitrogens with one attached hydrogen (secondary N) is 1. The van der Waals surface area contributed by atoms with Crippen LogP contribution in [0.2, 0.25) is 0 Å². The van der Waals surface area contributed by atoms with E-state index in [2.05, 4.69) is 10.1 Å². The number of carbonyl (C=O) groups is 1. The Bertz CT molecular complexity index is 402. The molecule has 0 radical (unpaired) electrons. The van der Waals surface area contributed by atoms with E-state index in [1.807, 2.05) is 24.3 Å². The number of hydrogen-bond donors (Lipinski definition) is 1. The lowest BCUT2D eigenvalue weighted by atomic mass is 10.1. The Kier molecular flexibility index (Phi) is 7.36. The van der Waals surface area contributed by atoms with E-state index < -0.39 is 13.0 Å². The lowest BCUT2D eigenvalue weighted by Crippen LogP contribution is -2.24. The maximum atomic E-state index is 11.8. The Morgan fingerprint density at radius 3 is 2.79 bits per heavy atom. The van der Waals surface area contributed by atoms with Gasteiger partial charge in [-0.3, -0.25) is 4.79 Å². The third kappa shape index (κ3) is 7.08. The Labute approximate surface area is 115 Å². The number of hydrogen-bond acceptors (Lipinski definition) is 2. The van der Waals surface area contributed by atoms with Gasteiger partial charge in [-0.15, -0.1) is 11.6 Å². The van der Waals surface area contributed by atoms with E-state index in [1.54, 1.807) is 0 Å². The molecular weight excluding hydrogens is 276 g/mol. The molecule has 19 heavy (non-hydrogen) atoms. The van der Waals surface area contributed by atoms with E-state index in [0.29, 0.717) is 12.4 Å². The van der Waals surface area contributed by atoms with Crippen LogP contribution in [0.1, 0.15) is 17.5 Å². The summed E-state index contributed by atoms with van der Waals surface area (Å²) in [5.41, 5.74) is 1.92. The lowest BCUT2D eigenvalue weighted by Gasteiger charge is -2.07. The quantitative estimate of drug-likeness (QED) is 0.591. The number of alkyl halides is 3. The number of rotatable bonds is 8. The van der Waals surface area contributed by atoms with Gasteiger partial charge >= 0.3 is 0 Å². The zero-order valence-electron chi connectivity index (χ0n) is 10.4. The molecule has 0 heterocycles. The standard InChI is InChI=1S/C13H16ClF2NO2/c14-7-10-2-1-3-11(6-10)8-17-13(18)4-5-19-9-12(15)16/h1-3,6,12H,4-5,7-9H2,(H,17,18). The molecule has 1 rings (SSSR count). The highest BCUT2D eigenvalue weighted by atomic mass is 35.5. The van der Waals surface area contributed by atoms with Crippen molar-refractivity contribution in [2.24, 2.45) is 0 Å². The zero-order chi connectivity index (χ0) is 14.1. The molecule has 1 aromatic carbocycles. The summed E-state index contributed by atoms with van der Waals surface area (Å²) in [6, 6.07) is 7.55. The first kappa shape index (κ1) is 15.9. The van der Waals surface area contributed by atoms with Gasteiger partial charge in [0.15, 0.2) is 0 Å². The van der Waals surface area contributed by atoms with E-state index in [1.165, 1.54) is 0 Å². The fraction of sp³-hybridized carbons (Fsp3) is 0.462. The van der Waals surface area contributed by atoms with Gasteiger partial charge in [0.25, 0.3) is 6.43 Å². The predicted octanol–water partition coefficient (Wildman–Crippen LogP) is 2.71. The van der Waals surface area contributed by atoms with Gasteiger partial charge in [0.05, 0.1) is 6.61 Å². The van der Waals surface area contributed by atoms with Crippen LogP contribution in [-0.4, -0.2) is 25.5 Å². The molecule has 0 saturated carbocycles. The second-order valence-corrected chi connectivity index (χ2v) is 4.21. The first-order chi connectivity index (χ1) is 9.11. The fourth-order valence-electron chi connectivity index (χ4n) is 1.45. The normalized spacial score (nSPS) is 10.7. The second kappa shape index (κ2) is 8.82. The van der Waals surface area contributed by atoms with Crippen LogP contribution < -0.4 is 5.32 Å². The summed E-state index contributed by atoms with van der Waals surface area (Å²) in [6.07, 6.45) is -2.43. The molecular formula is C13H16ClF2NO2. The van der Waals surface area contributed by atoms with Crippen LogP contribution in [0.4, 0.5) is 8.78 Å². The van der Waals surface area contributed by atoms with E-state index >= 15 is 0 Å². The van der Waals surface area contributed by atoms with Crippen LogP contribution in [0.25, 0.3) is 0 Å². The van der Waals surface area contributed by atoms with Crippen molar-refractivity contribution in [3.8, 4) is 0 Å². The molecule has 1 aromatic rings. The van der Waals surface area contributed by atoms with Gasteiger partial charge in [0.1, 0.15) is 6.61 Å². The maximum absolute atomic E-state index is 11.8. The minimum Gasteiger partial charge on any atom is -0.375 e. The van der Waals surface area contributed by atoms with Crippen LogP contribution >= 0.6 is 11.6 Å². The average molecular weight is 292 g/mol. The van der Waals surface area contributed by atoms with Gasteiger partial charge in [0, 0.05) is 18.8 Å². The third-order valence-corrected chi connectivity index (χ3v) is 2.66. The van der Waals surface area contributed by atoms with Crippen molar-refractivity contribution in [3.63, 3.8) is 0 Å². The Morgan fingerprint density at radius 2 is 2.11 bits per heavy atom. The molecule has 0 unspecified atom stereocenters. The maximum Gasteiger partial charge on any atom is 0.261 e. The molecule has 0 aliphatic carbocycles. The molecule has 1 N–H and O–H groups in total. The first-order valence-electron chi connectivity index (χ1n) is 5.88. The van der Waals surface area contributed by atoms with E-state index in [-0.39, 0.29) is 18.9 Å². The Balaban J connectivity index is 2.22. The van der Waals surface area contributed by atoms with E-state index in [0.717, 1.165) is 11.1 Å². The molecule has 1 amide bonds. The molecule has 0 fully saturated rings. The number of amides is 1. The smallest absolute Gasteiger partial charge is 0.261 e. The fourth-order valence-corrected chi connectivity index (χ4v) is 1.62. The summed E-state index contributed by atoms with van der Waals surface area (Å²) in [5, 5.41) is 2.69. The minimum absolute atomic E-state index is 0.00209. The first-order valence-corrected chi connectivity index (χ1v) is 6.41. The van der Waals surface area contributed by atoms with Crippen molar-refractivity contribution in [1.29, 1.82) is 0 Å². The van der Waals surface area contributed by atoms with Crippen LogP contribution in [0.15, 0.2) is 24.3 Å². The van der Waals surface area contributed by atoms with Crippen molar-refractivity contribution in [3.05, 3.63) is 35.4 Å². The van der Waals surface area contributed by atoms with Crippen LogP contribution in [0.3, 0.4) is 0 Å². The molecule has 0 atom stereocenters. The number of halogens is 3. The minimum atomic E-state index is -2.50. The Hall–Kier alpha value is -1.20. The molecule has 3 nitrogen and oxygen atoms in total. The molecule has 0 saturated heterocycles. The van der Waals surface area contributed by atoms with Gasteiger partial charge in [-0.2, -0.15) is 0 Å².